The summed E-state index contributed by atoms with van der Waals surface area (Å²) >= 11 is 1.86. The third-order valence-electron chi connectivity index (χ3n) is 3.16. The van der Waals surface area contributed by atoms with Crippen molar-refractivity contribution >= 4 is 21.4 Å². The predicted molar refractivity (Wildman–Crippen MR) is 61.5 cm³/mol. The highest BCUT2D eigenvalue weighted by molar-refractivity contribution is 7.19. The first kappa shape index (κ1) is 8.45. The lowest BCUT2D eigenvalue weighted by Gasteiger charge is -2.37. The molecule has 0 spiro atoms. The zero-order valence-electron chi connectivity index (χ0n) is 7.99. The summed E-state index contributed by atoms with van der Waals surface area (Å²) in [6, 6.07) is 10.8. The molecule has 2 N–H and O–H groups in total. The van der Waals surface area contributed by atoms with Gasteiger partial charge < -0.3 is 5.73 Å². The van der Waals surface area contributed by atoms with Gasteiger partial charge in [-0.2, -0.15) is 0 Å². The molecule has 3 rings (SSSR count). The normalized spacial score (nSPS) is 19.5. The molecule has 0 bridgehead atoms. The molecule has 1 heterocycles. The number of fused-ring (bicyclic) bond motifs is 1. The van der Waals surface area contributed by atoms with Gasteiger partial charge in [-0.15, -0.1) is 11.3 Å². The zero-order chi connectivity index (χ0) is 9.60. The van der Waals surface area contributed by atoms with Gasteiger partial charge in [0.2, 0.25) is 0 Å². The monoisotopic (exact) mass is 203 g/mol. The lowest BCUT2D eigenvalue weighted by Crippen LogP contribution is -2.42. The maximum atomic E-state index is 6.30. The van der Waals surface area contributed by atoms with E-state index in [4.69, 9.17) is 5.73 Å². The highest BCUT2D eigenvalue weighted by atomic mass is 32.1. The Morgan fingerprint density at radius 3 is 2.64 bits per heavy atom. The smallest absolute Gasteiger partial charge is 0.0504 e. The number of thiophene rings is 1. The van der Waals surface area contributed by atoms with E-state index in [1.807, 2.05) is 11.3 Å². The minimum atomic E-state index is 0.00366. The van der Waals surface area contributed by atoms with Gasteiger partial charge >= 0.3 is 0 Å². The first-order valence-corrected chi connectivity index (χ1v) is 5.88. The van der Waals surface area contributed by atoms with Gasteiger partial charge in [-0.1, -0.05) is 18.2 Å². The Morgan fingerprint density at radius 1 is 1.21 bits per heavy atom. The second-order valence-corrected chi connectivity index (χ2v) is 5.24. The second-order valence-electron chi connectivity index (χ2n) is 4.16. The highest BCUT2D eigenvalue weighted by Crippen LogP contribution is 2.43. The molecule has 2 aromatic rings. The molecule has 1 aliphatic carbocycles. The summed E-state index contributed by atoms with van der Waals surface area (Å²) in [6.07, 6.45) is 3.59. The fourth-order valence-corrected chi connectivity index (χ4v) is 3.25. The van der Waals surface area contributed by atoms with Crippen LogP contribution in [0.4, 0.5) is 0 Å². The Kier molecular flexibility index (Phi) is 1.70. The molecule has 1 fully saturated rings. The van der Waals surface area contributed by atoms with Crippen LogP contribution < -0.4 is 5.73 Å². The van der Waals surface area contributed by atoms with E-state index in [0.717, 1.165) is 12.8 Å². The molecule has 14 heavy (non-hydrogen) atoms. The number of hydrogen-bond donors (Lipinski definition) is 1. The van der Waals surface area contributed by atoms with E-state index in [2.05, 4.69) is 30.3 Å². The van der Waals surface area contributed by atoms with Crippen LogP contribution in [0.5, 0.6) is 0 Å². The van der Waals surface area contributed by atoms with E-state index in [9.17, 15) is 0 Å². The van der Waals surface area contributed by atoms with Crippen LogP contribution in [0.3, 0.4) is 0 Å². The number of rotatable bonds is 1. The standard InChI is InChI=1S/C12H13NS/c13-12(6-3-7-12)11-8-9-4-1-2-5-10(9)14-11/h1-2,4-5,8H,3,6-7,13H2. The molecule has 2 heteroatoms. The SMILES string of the molecule is NC1(c2cc3ccccc3s2)CCC1. The molecule has 1 aromatic carbocycles. The van der Waals surface area contributed by atoms with Crippen molar-refractivity contribution in [3.63, 3.8) is 0 Å². The summed E-state index contributed by atoms with van der Waals surface area (Å²) < 4.78 is 1.36. The van der Waals surface area contributed by atoms with Crippen LogP contribution in [0.15, 0.2) is 30.3 Å². The Morgan fingerprint density at radius 2 is 2.00 bits per heavy atom. The summed E-state index contributed by atoms with van der Waals surface area (Å²) in [4.78, 5) is 1.37. The maximum Gasteiger partial charge on any atom is 0.0504 e. The Labute approximate surface area is 87.5 Å². The average Bonchev–Trinajstić information content (AvgIpc) is 2.57. The van der Waals surface area contributed by atoms with E-state index in [0.29, 0.717) is 0 Å². The van der Waals surface area contributed by atoms with Gasteiger partial charge in [-0.3, -0.25) is 0 Å². The summed E-state index contributed by atoms with van der Waals surface area (Å²) in [6.45, 7) is 0. The van der Waals surface area contributed by atoms with Gasteiger partial charge in [0.1, 0.15) is 0 Å². The van der Waals surface area contributed by atoms with Crippen LogP contribution in [0, 0.1) is 0 Å². The van der Waals surface area contributed by atoms with Crippen molar-refractivity contribution in [3.05, 3.63) is 35.2 Å². The lowest BCUT2D eigenvalue weighted by molar-refractivity contribution is 0.259. The second kappa shape index (κ2) is 2.81. The quantitative estimate of drug-likeness (QED) is 0.756. The minimum Gasteiger partial charge on any atom is -0.321 e. The maximum absolute atomic E-state index is 6.30. The van der Waals surface area contributed by atoms with Gasteiger partial charge in [0.25, 0.3) is 0 Å². The van der Waals surface area contributed by atoms with E-state index in [1.54, 1.807) is 0 Å². The van der Waals surface area contributed by atoms with Crippen LogP contribution in [-0.4, -0.2) is 0 Å². The number of nitrogens with two attached hydrogens (primary N) is 1. The molecule has 1 nitrogen and oxygen atoms in total. The molecular formula is C12H13NS. The van der Waals surface area contributed by atoms with Crippen molar-refractivity contribution in [2.75, 3.05) is 0 Å². The summed E-state index contributed by atoms with van der Waals surface area (Å²) in [5.41, 5.74) is 6.30. The number of hydrogen-bond acceptors (Lipinski definition) is 2. The summed E-state index contributed by atoms with van der Waals surface area (Å²) in [5.74, 6) is 0. The molecule has 0 amide bonds. The van der Waals surface area contributed by atoms with Gasteiger partial charge in [-0.25, -0.2) is 0 Å². The molecule has 1 aliphatic rings. The topological polar surface area (TPSA) is 26.0 Å². The summed E-state index contributed by atoms with van der Waals surface area (Å²) in [5, 5.41) is 1.34. The van der Waals surface area contributed by atoms with Crippen LogP contribution in [0.25, 0.3) is 10.1 Å². The lowest BCUT2D eigenvalue weighted by atomic mass is 9.76. The van der Waals surface area contributed by atoms with E-state index >= 15 is 0 Å². The van der Waals surface area contributed by atoms with Crippen LogP contribution in [-0.2, 0) is 5.54 Å². The van der Waals surface area contributed by atoms with Gasteiger partial charge in [0, 0.05) is 9.58 Å². The molecule has 72 valence electrons. The Bertz CT molecular complexity index is 435. The average molecular weight is 203 g/mol. The first-order valence-electron chi connectivity index (χ1n) is 5.06. The Balaban J connectivity index is 2.14. The third kappa shape index (κ3) is 1.11. The molecule has 0 saturated heterocycles. The predicted octanol–water partition coefficient (Wildman–Crippen LogP) is 3.24. The van der Waals surface area contributed by atoms with Crippen molar-refractivity contribution < 1.29 is 0 Å². The summed E-state index contributed by atoms with van der Waals surface area (Å²) in [7, 11) is 0. The van der Waals surface area contributed by atoms with Crippen molar-refractivity contribution in [3.8, 4) is 0 Å². The largest absolute Gasteiger partial charge is 0.321 e. The van der Waals surface area contributed by atoms with Gasteiger partial charge in [0.15, 0.2) is 0 Å². The van der Waals surface area contributed by atoms with Crippen LogP contribution >= 0.6 is 11.3 Å². The molecule has 0 aliphatic heterocycles. The first-order chi connectivity index (χ1) is 6.78. The van der Waals surface area contributed by atoms with E-state index in [-0.39, 0.29) is 5.54 Å². The molecule has 1 saturated carbocycles. The van der Waals surface area contributed by atoms with Crippen molar-refractivity contribution in [2.24, 2.45) is 5.73 Å². The fourth-order valence-electron chi connectivity index (χ4n) is 2.03. The molecule has 0 radical (unpaired) electrons. The van der Waals surface area contributed by atoms with Crippen molar-refractivity contribution in [2.45, 2.75) is 24.8 Å². The van der Waals surface area contributed by atoms with Crippen LogP contribution in [0.1, 0.15) is 24.1 Å². The number of benzene rings is 1. The van der Waals surface area contributed by atoms with Crippen molar-refractivity contribution in [1.29, 1.82) is 0 Å². The van der Waals surface area contributed by atoms with Crippen molar-refractivity contribution in [1.82, 2.24) is 0 Å². The zero-order valence-corrected chi connectivity index (χ0v) is 8.81. The van der Waals surface area contributed by atoms with Gasteiger partial charge in [0.05, 0.1) is 5.54 Å². The molecule has 1 aromatic heterocycles. The van der Waals surface area contributed by atoms with E-state index in [1.165, 1.54) is 21.4 Å². The highest BCUT2D eigenvalue weighted by Gasteiger charge is 2.35. The minimum absolute atomic E-state index is 0.00366. The van der Waals surface area contributed by atoms with Gasteiger partial charge in [-0.05, 0) is 36.8 Å². The Hall–Kier alpha value is -0.860. The molecule has 0 atom stereocenters. The van der Waals surface area contributed by atoms with Crippen LogP contribution in [0.2, 0.25) is 0 Å². The fraction of sp³-hybridized carbons (Fsp3) is 0.333. The molecular weight excluding hydrogens is 190 g/mol. The molecule has 0 unspecified atom stereocenters. The van der Waals surface area contributed by atoms with E-state index < -0.39 is 0 Å². The third-order valence-corrected chi connectivity index (χ3v) is 4.50.